The molecule has 1 aromatic carbocycles. The van der Waals surface area contributed by atoms with Gasteiger partial charge in [0.2, 0.25) is 0 Å². The zero-order chi connectivity index (χ0) is 17.4. The third kappa shape index (κ3) is 3.11. The summed E-state index contributed by atoms with van der Waals surface area (Å²) >= 11 is 17.2. The van der Waals surface area contributed by atoms with Gasteiger partial charge in [0.05, 0.1) is 25.1 Å². The Morgan fingerprint density at radius 3 is 2.62 bits per heavy atom. The van der Waals surface area contributed by atoms with Crippen LogP contribution in [0.1, 0.15) is 23.0 Å². The molecule has 0 spiro atoms. The van der Waals surface area contributed by atoms with Crippen molar-refractivity contribution in [2.24, 2.45) is 0 Å². The van der Waals surface area contributed by atoms with Crippen molar-refractivity contribution < 1.29 is 9.90 Å². The highest BCUT2D eigenvalue weighted by atomic mass is 79.9. The molecule has 0 saturated carbocycles. The fourth-order valence-corrected chi connectivity index (χ4v) is 4.41. The monoisotopic (exact) mass is 444 g/mol. The topological polar surface area (TPSA) is 55.1 Å². The molecule has 0 aliphatic carbocycles. The molecule has 3 aromatic rings. The van der Waals surface area contributed by atoms with Gasteiger partial charge in [-0.1, -0.05) is 30.1 Å². The van der Waals surface area contributed by atoms with E-state index in [0.717, 1.165) is 14.4 Å². The zero-order valence-electron chi connectivity index (χ0n) is 12.4. The highest BCUT2D eigenvalue weighted by Gasteiger charge is 2.25. The summed E-state index contributed by atoms with van der Waals surface area (Å²) in [4.78, 5) is 12.5. The first-order valence-corrected chi connectivity index (χ1v) is 9.35. The molecule has 0 amide bonds. The molecule has 4 nitrogen and oxygen atoms in total. The maximum Gasteiger partial charge on any atom is 0.356 e. The van der Waals surface area contributed by atoms with Crippen LogP contribution in [0.4, 0.5) is 0 Å². The van der Waals surface area contributed by atoms with Crippen LogP contribution in [0.2, 0.25) is 10.0 Å². The van der Waals surface area contributed by atoms with Crippen molar-refractivity contribution >= 4 is 56.4 Å². The van der Waals surface area contributed by atoms with E-state index < -0.39 is 5.97 Å². The van der Waals surface area contributed by atoms with Gasteiger partial charge in [0, 0.05) is 10.6 Å². The molecule has 0 radical (unpaired) electrons. The summed E-state index contributed by atoms with van der Waals surface area (Å²) < 4.78 is 2.53. The van der Waals surface area contributed by atoms with Gasteiger partial charge in [-0.05, 0) is 52.7 Å². The highest BCUT2D eigenvalue weighted by Crippen LogP contribution is 2.38. The van der Waals surface area contributed by atoms with E-state index in [9.17, 15) is 9.90 Å². The van der Waals surface area contributed by atoms with Gasteiger partial charge in [-0.3, -0.25) is 0 Å². The van der Waals surface area contributed by atoms with Gasteiger partial charge >= 0.3 is 5.97 Å². The van der Waals surface area contributed by atoms with Crippen LogP contribution < -0.4 is 0 Å². The Hall–Kier alpha value is -1.34. The van der Waals surface area contributed by atoms with Gasteiger partial charge in [-0.15, -0.1) is 11.3 Å². The minimum absolute atomic E-state index is 0.0306. The molecule has 1 N–H and O–H groups in total. The summed E-state index contributed by atoms with van der Waals surface area (Å²) in [5, 5.41) is 14.7. The molecule has 0 atom stereocenters. The van der Waals surface area contributed by atoms with E-state index in [2.05, 4.69) is 21.0 Å². The maximum atomic E-state index is 11.6. The first kappa shape index (κ1) is 17.5. The molecule has 24 heavy (non-hydrogen) atoms. The predicted molar refractivity (Wildman–Crippen MR) is 101 cm³/mol. The quantitative estimate of drug-likeness (QED) is 0.541. The van der Waals surface area contributed by atoms with Crippen LogP contribution in [0.3, 0.4) is 0 Å². The van der Waals surface area contributed by atoms with E-state index in [1.807, 2.05) is 19.1 Å². The van der Waals surface area contributed by atoms with Crippen molar-refractivity contribution in [3.05, 3.63) is 55.4 Å². The maximum absolute atomic E-state index is 11.6. The Morgan fingerprint density at radius 1 is 1.33 bits per heavy atom. The number of hydrogen-bond acceptors (Lipinski definition) is 3. The van der Waals surface area contributed by atoms with E-state index in [4.69, 9.17) is 23.2 Å². The highest BCUT2D eigenvalue weighted by molar-refractivity contribution is 9.11. The van der Waals surface area contributed by atoms with E-state index in [1.54, 1.807) is 22.9 Å². The number of carboxylic acids is 1. The summed E-state index contributed by atoms with van der Waals surface area (Å²) in [6.07, 6.45) is 0.539. The van der Waals surface area contributed by atoms with Crippen LogP contribution in [-0.2, 0) is 6.42 Å². The fourth-order valence-electron chi connectivity index (χ4n) is 2.48. The SMILES string of the molecule is CCc1c(C(=O)O)nn(-c2ccc(Cl)cc2Cl)c1-c1ccc(Br)s1. The third-order valence-corrected chi connectivity index (χ3v) is 5.65. The summed E-state index contributed by atoms with van der Waals surface area (Å²) in [5.74, 6) is -1.06. The molecule has 0 aliphatic rings. The lowest BCUT2D eigenvalue weighted by Crippen LogP contribution is -2.03. The average molecular weight is 446 g/mol. The molecule has 2 heterocycles. The van der Waals surface area contributed by atoms with Gasteiger partial charge in [-0.25, -0.2) is 9.48 Å². The van der Waals surface area contributed by atoms with Crippen molar-refractivity contribution in [3.8, 4) is 16.3 Å². The Balaban J connectivity index is 2.34. The summed E-state index contributed by atoms with van der Waals surface area (Å²) in [5.41, 5.74) is 2.02. The zero-order valence-corrected chi connectivity index (χ0v) is 16.3. The number of rotatable bonds is 4. The first-order valence-electron chi connectivity index (χ1n) is 6.98. The van der Waals surface area contributed by atoms with E-state index in [-0.39, 0.29) is 5.69 Å². The molecule has 0 fully saturated rings. The van der Waals surface area contributed by atoms with Crippen molar-refractivity contribution in [2.45, 2.75) is 13.3 Å². The fraction of sp³-hybridized carbons (Fsp3) is 0.125. The number of halogens is 3. The Kier molecular flexibility index (Phi) is 5.01. The largest absolute Gasteiger partial charge is 0.476 e. The van der Waals surface area contributed by atoms with Gasteiger partial charge in [0.15, 0.2) is 5.69 Å². The number of nitrogens with zero attached hydrogens (tertiary/aromatic N) is 2. The lowest BCUT2D eigenvalue weighted by molar-refractivity contribution is 0.0689. The lowest BCUT2D eigenvalue weighted by atomic mass is 10.1. The molecular weight excluding hydrogens is 435 g/mol. The van der Waals surface area contributed by atoms with Crippen LogP contribution in [0.25, 0.3) is 16.3 Å². The Morgan fingerprint density at radius 2 is 2.08 bits per heavy atom. The molecular formula is C16H11BrCl2N2O2S. The standard InChI is InChI=1S/C16H11BrCl2N2O2S/c1-2-9-14(16(22)23)20-21(11-4-3-8(18)7-10(11)19)15(9)12-5-6-13(17)24-12/h3-7H,2H2,1H3,(H,22,23). The predicted octanol–water partition coefficient (Wildman–Crippen LogP) is 5.93. The molecule has 124 valence electrons. The number of aromatic carboxylic acids is 1. The Labute approximate surface area is 160 Å². The third-order valence-electron chi connectivity index (χ3n) is 3.48. The second-order valence-corrected chi connectivity index (χ2v) is 8.25. The molecule has 0 bridgehead atoms. The van der Waals surface area contributed by atoms with Crippen molar-refractivity contribution in [1.29, 1.82) is 0 Å². The van der Waals surface area contributed by atoms with Crippen molar-refractivity contribution in [3.63, 3.8) is 0 Å². The van der Waals surface area contributed by atoms with Gasteiger partial charge in [0.25, 0.3) is 0 Å². The average Bonchev–Trinajstić information content (AvgIpc) is 3.10. The molecule has 2 aromatic heterocycles. The van der Waals surface area contributed by atoms with Crippen LogP contribution in [-0.4, -0.2) is 20.9 Å². The van der Waals surface area contributed by atoms with Gasteiger partial charge in [-0.2, -0.15) is 5.10 Å². The smallest absolute Gasteiger partial charge is 0.356 e. The normalized spacial score (nSPS) is 11.0. The van der Waals surface area contributed by atoms with Crippen LogP contribution >= 0.6 is 50.5 Å². The second-order valence-electron chi connectivity index (χ2n) is 4.95. The summed E-state index contributed by atoms with van der Waals surface area (Å²) in [7, 11) is 0. The van der Waals surface area contributed by atoms with Crippen LogP contribution in [0.15, 0.2) is 34.1 Å². The number of carbonyl (C=O) groups is 1. The number of aromatic nitrogens is 2. The molecule has 0 aliphatic heterocycles. The lowest BCUT2D eigenvalue weighted by Gasteiger charge is -2.09. The number of hydrogen-bond donors (Lipinski definition) is 1. The summed E-state index contributed by atoms with van der Waals surface area (Å²) in [6, 6.07) is 8.89. The van der Waals surface area contributed by atoms with Crippen molar-refractivity contribution in [1.82, 2.24) is 9.78 Å². The number of thiophene rings is 1. The van der Waals surface area contributed by atoms with Crippen LogP contribution in [0.5, 0.6) is 0 Å². The molecule has 0 unspecified atom stereocenters. The van der Waals surface area contributed by atoms with E-state index in [0.29, 0.717) is 27.7 Å². The minimum atomic E-state index is -1.06. The first-order chi connectivity index (χ1) is 11.4. The van der Waals surface area contributed by atoms with E-state index >= 15 is 0 Å². The number of benzene rings is 1. The summed E-state index contributed by atoms with van der Waals surface area (Å²) in [6.45, 7) is 1.91. The Bertz CT molecular complexity index is 936. The van der Waals surface area contributed by atoms with Crippen molar-refractivity contribution in [2.75, 3.05) is 0 Å². The van der Waals surface area contributed by atoms with Crippen LogP contribution in [0, 0.1) is 0 Å². The molecule has 0 saturated heterocycles. The van der Waals surface area contributed by atoms with Gasteiger partial charge in [0.1, 0.15) is 0 Å². The van der Waals surface area contributed by atoms with E-state index in [1.165, 1.54) is 11.3 Å². The number of carboxylic acid groups (broad SMARTS) is 1. The molecule has 3 rings (SSSR count). The molecule has 8 heteroatoms. The minimum Gasteiger partial charge on any atom is -0.476 e. The van der Waals surface area contributed by atoms with Gasteiger partial charge < -0.3 is 5.11 Å². The second kappa shape index (κ2) is 6.88.